The number of non-ortho nitro benzene ring substituents is 1. The summed E-state index contributed by atoms with van der Waals surface area (Å²) in [5.74, 6) is -0.331. The lowest BCUT2D eigenvalue weighted by atomic mass is 10.0. The highest BCUT2D eigenvalue weighted by Gasteiger charge is 2.30. The molecule has 0 radical (unpaired) electrons. The molecule has 0 spiro atoms. The molecular weight excluding hydrogens is 274 g/mol. The van der Waals surface area contributed by atoms with Crippen LogP contribution in [0.1, 0.15) is 6.92 Å². The van der Waals surface area contributed by atoms with Crippen molar-refractivity contribution in [2.45, 2.75) is 12.5 Å². The van der Waals surface area contributed by atoms with E-state index >= 15 is 0 Å². The van der Waals surface area contributed by atoms with Crippen LogP contribution in [0.2, 0.25) is 5.02 Å². The van der Waals surface area contributed by atoms with E-state index in [4.69, 9.17) is 22.1 Å². The van der Waals surface area contributed by atoms with Gasteiger partial charge in [-0.05, 0) is 20.0 Å². The predicted molar refractivity (Wildman–Crippen MR) is 70.3 cm³/mol. The fourth-order valence-corrected chi connectivity index (χ4v) is 1.44. The third-order valence-electron chi connectivity index (χ3n) is 2.74. The first-order chi connectivity index (χ1) is 8.80. The maximum atomic E-state index is 11.3. The first-order valence-electron chi connectivity index (χ1n) is 5.35. The molecule has 1 amide bonds. The zero-order chi connectivity index (χ0) is 14.6. The molecule has 0 aliphatic carbocycles. The van der Waals surface area contributed by atoms with Crippen LogP contribution in [0, 0.1) is 10.1 Å². The number of nitrogens with zero attached hydrogens (tertiary/aromatic N) is 1. The number of likely N-dealkylation sites (N-methyl/N-ethyl adjacent to an activating group) is 1. The average Bonchev–Trinajstić information content (AvgIpc) is 2.36. The van der Waals surface area contributed by atoms with Gasteiger partial charge in [-0.2, -0.15) is 0 Å². The summed E-state index contributed by atoms with van der Waals surface area (Å²) in [5.41, 5.74) is 4.06. The molecule has 8 heteroatoms. The second-order valence-electron chi connectivity index (χ2n) is 4.11. The predicted octanol–water partition coefficient (Wildman–Crippen LogP) is 1.09. The van der Waals surface area contributed by atoms with Gasteiger partial charge in [0.25, 0.3) is 5.69 Å². The molecule has 0 fully saturated rings. The van der Waals surface area contributed by atoms with Crippen molar-refractivity contribution in [3.8, 4) is 5.75 Å². The van der Waals surface area contributed by atoms with Crippen LogP contribution in [0.15, 0.2) is 18.2 Å². The molecule has 1 rings (SSSR count). The number of benzene rings is 1. The highest BCUT2D eigenvalue weighted by molar-refractivity contribution is 6.32. The number of amides is 1. The number of primary amides is 1. The van der Waals surface area contributed by atoms with E-state index in [0.29, 0.717) is 0 Å². The first-order valence-corrected chi connectivity index (χ1v) is 5.73. The SMILES string of the molecule is CNC(C)(COc1ccc([N+](=O)[O-])cc1Cl)C(N)=O. The van der Waals surface area contributed by atoms with Crippen molar-refractivity contribution in [3.63, 3.8) is 0 Å². The molecule has 0 aromatic heterocycles. The molecule has 0 saturated heterocycles. The van der Waals surface area contributed by atoms with Gasteiger partial charge >= 0.3 is 0 Å². The van der Waals surface area contributed by atoms with Crippen molar-refractivity contribution in [3.05, 3.63) is 33.3 Å². The molecule has 7 nitrogen and oxygen atoms in total. The van der Waals surface area contributed by atoms with Gasteiger partial charge in [-0.15, -0.1) is 0 Å². The van der Waals surface area contributed by atoms with Crippen molar-refractivity contribution in [1.82, 2.24) is 5.32 Å². The van der Waals surface area contributed by atoms with Gasteiger partial charge in [0.15, 0.2) is 0 Å². The molecule has 1 aromatic carbocycles. The molecule has 104 valence electrons. The molecule has 0 saturated carbocycles. The summed E-state index contributed by atoms with van der Waals surface area (Å²) in [7, 11) is 1.57. The number of rotatable bonds is 6. The Morgan fingerprint density at radius 2 is 2.26 bits per heavy atom. The van der Waals surface area contributed by atoms with Crippen LogP contribution >= 0.6 is 11.6 Å². The number of hydrogen-bond donors (Lipinski definition) is 2. The topological polar surface area (TPSA) is 107 Å². The fraction of sp³-hybridized carbons (Fsp3) is 0.364. The second-order valence-corrected chi connectivity index (χ2v) is 4.51. The Balaban J connectivity index is 2.84. The number of nitrogens with one attached hydrogen (secondary N) is 1. The average molecular weight is 288 g/mol. The number of ether oxygens (including phenoxy) is 1. The molecule has 0 heterocycles. The molecule has 19 heavy (non-hydrogen) atoms. The van der Waals surface area contributed by atoms with Crippen LogP contribution in [0.3, 0.4) is 0 Å². The third-order valence-corrected chi connectivity index (χ3v) is 3.03. The minimum Gasteiger partial charge on any atom is -0.490 e. The molecule has 3 N–H and O–H groups in total. The number of carbonyl (C=O) groups is 1. The normalized spacial score (nSPS) is 13.6. The molecule has 1 atom stereocenters. The summed E-state index contributed by atoms with van der Waals surface area (Å²) >= 11 is 5.86. The van der Waals surface area contributed by atoms with Crippen molar-refractivity contribution < 1.29 is 14.5 Å². The minimum atomic E-state index is -1.05. The van der Waals surface area contributed by atoms with Gasteiger partial charge in [0.05, 0.1) is 9.95 Å². The van der Waals surface area contributed by atoms with E-state index in [9.17, 15) is 14.9 Å². The standard InChI is InChI=1S/C11H14ClN3O4/c1-11(14-2,10(13)16)6-19-9-4-3-7(15(17)18)5-8(9)12/h3-5,14H,6H2,1-2H3,(H2,13,16). The Morgan fingerprint density at radius 3 is 2.68 bits per heavy atom. The van der Waals surface area contributed by atoms with E-state index in [2.05, 4.69) is 5.32 Å². The number of carbonyl (C=O) groups excluding carboxylic acids is 1. The zero-order valence-electron chi connectivity index (χ0n) is 10.5. The summed E-state index contributed by atoms with van der Waals surface area (Å²) < 4.78 is 5.37. The minimum absolute atomic E-state index is 0.0453. The molecule has 0 aliphatic heterocycles. The van der Waals surface area contributed by atoms with Crippen molar-refractivity contribution in [2.24, 2.45) is 5.73 Å². The molecule has 1 aromatic rings. The largest absolute Gasteiger partial charge is 0.490 e. The lowest BCUT2D eigenvalue weighted by Crippen LogP contribution is -2.55. The molecule has 0 bridgehead atoms. The number of nitro groups is 1. The maximum Gasteiger partial charge on any atom is 0.271 e. The van der Waals surface area contributed by atoms with E-state index in [1.165, 1.54) is 18.2 Å². The van der Waals surface area contributed by atoms with Crippen molar-refractivity contribution in [2.75, 3.05) is 13.7 Å². The van der Waals surface area contributed by atoms with Gasteiger partial charge in [0.2, 0.25) is 5.91 Å². The maximum absolute atomic E-state index is 11.3. The molecule has 1 unspecified atom stereocenters. The zero-order valence-corrected chi connectivity index (χ0v) is 11.2. The summed E-state index contributed by atoms with van der Waals surface area (Å²) in [5, 5.41) is 13.4. The van der Waals surface area contributed by atoms with E-state index in [1.807, 2.05) is 0 Å². The van der Waals surface area contributed by atoms with Gasteiger partial charge in [-0.1, -0.05) is 11.6 Å². The van der Waals surface area contributed by atoms with Gasteiger partial charge in [0.1, 0.15) is 17.9 Å². The highest BCUT2D eigenvalue weighted by atomic mass is 35.5. The van der Waals surface area contributed by atoms with E-state index < -0.39 is 16.4 Å². The van der Waals surface area contributed by atoms with E-state index in [1.54, 1.807) is 14.0 Å². The van der Waals surface area contributed by atoms with E-state index in [0.717, 1.165) is 0 Å². The van der Waals surface area contributed by atoms with Crippen LogP contribution in [-0.2, 0) is 4.79 Å². The van der Waals surface area contributed by atoms with Gasteiger partial charge in [-0.25, -0.2) is 0 Å². The summed E-state index contributed by atoms with van der Waals surface area (Å²) in [6.45, 7) is 1.53. The van der Waals surface area contributed by atoms with Crippen molar-refractivity contribution in [1.29, 1.82) is 0 Å². The van der Waals surface area contributed by atoms with Crippen LogP contribution in [0.4, 0.5) is 5.69 Å². The lowest BCUT2D eigenvalue weighted by molar-refractivity contribution is -0.384. The van der Waals surface area contributed by atoms with Crippen LogP contribution < -0.4 is 15.8 Å². The molecular formula is C11H14ClN3O4. The van der Waals surface area contributed by atoms with Gasteiger partial charge in [0, 0.05) is 12.1 Å². The second kappa shape index (κ2) is 5.85. The fourth-order valence-electron chi connectivity index (χ4n) is 1.21. The van der Waals surface area contributed by atoms with Crippen LogP contribution in [-0.4, -0.2) is 30.0 Å². The Hall–Kier alpha value is -1.86. The van der Waals surface area contributed by atoms with Crippen molar-refractivity contribution >= 4 is 23.2 Å². The Labute approximate surface area is 114 Å². The lowest BCUT2D eigenvalue weighted by Gasteiger charge is -2.25. The third kappa shape index (κ3) is 3.55. The van der Waals surface area contributed by atoms with Crippen LogP contribution in [0.5, 0.6) is 5.75 Å². The van der Waals surface area contributed by atoms with E-state index in [-0.39, 0.29) is 23.1 Å². The summed E-state index contributed by atoms with van der Waals surface area (Å²) in [4.78, 5) is 21.3. The number of hydrogen-bond acceptors (Lipinski definition) is 5. The number of nitrogens with two attached hydrogens (primary N) is 1. The molecule has 0 aliphatic rings. The summed E-state index contributed by atoms with van der Waals surface area (Å²) in [6.07, 6.45) is 0. The van der Waals surface area contributed by atoms with Crippen LogP contribution in [0.25, 0.3) is 0 Å². The quantitative estimate of drug-likeness (QED) is 0.601. The highest BCUT2D eigenvalue weighted by Crippen LogP contribution is 2.29. The van der Waals surface area contributed by atoms with Gasteiger partial charge in [-0.3, -0.25) is 14.9 Å². The Kier molecular flexibility index (Phi) is 4.68. The first kappa shape index (κ1) is 15.2. The summed E-state index contributed by atoms with van der Waals surface area (Å²) in [6, 6.07) is 3.82. The number of halogens is 1. The Morgan fingerprint density at radius 1 is 1.63 bits per heavy atom. The number of nitro benzene ring substituents is 1. The van der Waals surface area contributed by atoms with Gasteiger partial charge < -0.3 is 15.8 Å². The smallest absolute Gasteiger partial charge is 0.271 e. The monoisotopic (exact) mass is 287 g/mol. The Bertz CT molecular complexity index is 509.